The highest BCUT2D eigenvalue weighted by Crippen LogP contribution is 1.94. The summed E-state index contributed by atoms with van der Waals surface area (Å²) >= 11 is 3.37. The second-order valence-electron chi connectivity index (χ2n) is 2.93. The standard InChI is InChI=1S/C9H19BrO2/c1-9(2)12-8-7-11-6-4-3-5-10/h9H,3-8H2,1-2H3. The topological polar surface area (TPSA) is 18.5 Å². The van der Waals surface area contributed by atoms with Crippen molar-refractivity contribution in [3.63, 3.8) is 0 Å². The Hall–Kier alpha value is 0.400. The smallest absolute Gasteiger partial charge is 0.0703 e. The first-order valence-corrected chi connectivity index (χ1v) is 5.65. The monoisotopic (exact) mass is 238 g/mol. The molecule has 0 saturated heterocycles. The van der Waals surface area contributed by atoms with Gasteiger partial charge in [-0.15, -0.1) is 0 Å². The van der Waals surface area contributed by atoms with E-state index in [-0.39, 0.29) is 0 Å². The van der Waals surface area contributed by atoms with Crippen molar-refractivity contribution < 1.29 is 9.47 Å². The molecular formula is C9H19BrO2. The van der Waals surface area contributed by atoms with Gasteiger partial charge in [-0.05, 0) is 26.7 Å². The van der Waals surface area contributed by atoms with Gasteiger partial charge in [0.25, 0.3) is 0 Å². The molecule has 3 heteroatoms. The van der Waals surface area contributed by atoms with Gasteiger partial charge in [0.05, 0.1) is 19.3 Å². The summed E-state index contributed by atoms with van der Waals surface area (Å²) in [4.78, 5) is 0. The Morgan fingerprint density at radius 3 is 2.42 bits per heavy atom. The van der Waals surface area contributed by atoms with Gasteiger partial charge in [0.15, 0.2) is 0 Å². The van der Waals surface area contributed by atoms with E-state index in [1.165, 1.54) is 6.42 Å². The number of rotatable bonds is 8. The van der Waals surface area contributed by atoms with Crippen LogP contribution in [0.4, 0.5) is 0 Å². The summed E-state index contributed by atoms with van der Waals surface area (Å²) in [6.45, 7) is 6.36. The van der Waals surface area contributed by atoms with Gasteiger partial charge in [0, 0.05) is 11.9 Å². The van der Waals surface area contributed by atoms with Crippen molar-refractivity contribution in [1.82, 2.24) is 0 Å². The van der Waals surface area contributed by atoms with E-state index >= 15 is 0 Å². The largest absolute Gasteiger partial charge is 0.379 e. The molecular weight excluding hydrogens is 220 g/mol. The maximum atomic E-state index is 5.34. The van der Waals surface area contributed by atoms with Crippen LogP contribution in [-0.4, -0.2) is 31.3 Å². The summed E-state index contributed by atoms with van der Waals surface area (Å²) in [5, 5.41) is 1.07. The average molecular weight is 239 g/mol. The van der Waals surface area contributed by atoms with Crippen LogP contribution >= 0.6 is 15.9 Å². The minimum Gasteiger partial charge on any atom is -0.379 e. The highest BCUT2D eigenvalue weighted by Gasteiger charge is 1.92. The molecule has 0 saturated carbocycles. The Bertz CT molecular complexity index is 86.6. The third-order valence-corrected chi connectivity index (χ3v) is 1.91. The quantitative estimate of drug-likeness (QED) is 0.478. The summed E-state index contributed by atoms with van der Waals surface area (Å²) < 4.78 is 10.7. The molecule has 0 bridgehead atoms. The van der Waals surface area contributed by atoms with E-state index in [0.717, 1.165) is 25.0 Å². The lowest BCUT2D eigenvalue weighted by molar-refractivity contribution is 0.0190. The van der Waals surface area contributed by atoms with Crippen molar-refractivity contribution in [3.05, 3.63) is 0 Å². The maximum Gasteiger partial charge on any atom is 0.0703 e. The predicted octanol–water partition coefficient (Wildman–Crippen LogP) is 2.60. The molecule has 2 nitrogen and oxygen atoms in total. The highest BCUT2D eigenvalue weighted by molar-refractivity contribution is 9.09. The van der Waals surface area contributed by atoms with Crippen LogP contribution in [0.2, 0.25) is 0 Å². The predicted molar refractivity (Wildman–Crippen MR) is 54.9 cm³/mol. The molecule has 0 aliphatic carbocycles. The molecule has 0 fully saturated rings. The van der Waals surface area contributed by atoms with E-state index in [9.17, 15) is 0 Å². The highest BCUT2D eigenvalue weighted by atomic mass is 79.9. The van der Waals surface area contributed by atoms with Gasteiger partial charge < -0.3 is 9.47 Å². The molecule has 0 aliphatic heterocycles. The minimum absolute atomic E-state index is 0.316. The van der Waals surface area contributed by atoms with Crippen LogP contribution in [0, 0.1) is 0 Å². The van der Waals surface area contributed by atoms with E-state index in [0.29, 0.717) is 12.7 Å². The Labute approximate surface area is 83.8 Å². The molecule has 0 rings (SSSR count). The normalized spacial score (nSPS) is 11.0. The summed E-state index contributed by atoms with van der Waals surface area (Å²) in [6, 6.07) is 0. The lowest BCUT2D eigenvalue weighted by Crippen LogP contribution is -2.10. The van der Waals surface area contributed by atoms with Crippen molar-refractivity contribution in [2.24, 2.45) is 0 Å². The van der Waals surface area contributed by atoms with Gasteiger partial charge in [0.2, 0.25) is 0 Å². The molecule has 0 amide bonds. The van der Waals surface area contributed by atoms with Gasteiger partial charge in [-0.1, -0.05) is 15.9 Å². The van der Waals surface area contributed by atoms with Crippen molar-refractivity contribution >= 4 is 15.9 Å². The Balaban J connectivity index is 2.82. The van der Waals surface area contributed by atoms with E-state index < -0.39 is 0 Å². The number of alkyl halides is 1. The fourth-order valence-corrected chi connectivity index (χ4v) is 1.14. The summed E-state index contributed by atoms with van der Waals surface area (Å²) in [5.41, 5.74) is 0. The Kier molecular flexibility index (Phi) is 9.80. The second-order valence-corrected chi connectivity index (χ2v) is 3.72. The number of hydrogen-bond acceptors (Lipinski definition) is 2. The van der Waals surface area contributed by atoms with E-state index in [2.05, 4.69) is 15.9 Å². The van der Waals surface area contributed by atoms with Crippen molar-refractivity contribution in [3.8, 4) is 0 Å². The number of unbranched alkanes of at least 4 members (excludes halogenated alkanes) is 1. The summed E-state index contributed by atoms with van der Waals surface area (Å²) in [7, 11) is 0. The van der Waals surface area contributed by atoms with Crippen LogP contribution in [0.25, 0.3) is 0 Å². The van der Waals surface area contributed by atoms with Crippen LogP contribution in [-0.2, 0) is 9.47 Å². The molecule has 0 radical (unpaired) electrons. The van der Waals surface area contributed by atoms with Crippen molar-refractivity contribution in [2.75, 3.05) is 25.2 Å². The van der Waals surface area contributed by atoms with Gasteiger partial charge >= 0.3 is 0 Å². The van der Waals surface area contributed by atoms with Crippen LogP contribution in [0.15, 0.2) is 0 Å². The summed E-state index contributed by atoms with van der Waals surface area (Å²) in [5.74, 6) is 0. The molecule has 0 aliphatic rings. The summed E-state index contributed by atoms with van der Waals surface area (Å²) in [6.07, 6.45) is 2.63. The van der Waals surface area contributed by atoms with Gasteiger partial charge in [-0.2, -0.15) is 0 Å². The lowest BCUT2D eigenvalue weighted by atomic mass is 10.4. The van der Waals surface area contributed by atoms with Gasteiger partial charge in [-0.3, -0.25) is 0 Å². The zero-order valence-electron chi connectivity index (χ0n) is 8.01. The van der Waals surface area contributed by atoms with E-state index in [1.807, 2.05) is 13.8 Å². The van der Waals surface area contributed by atoms with Gasteiger partial charge in [0.1, 0.15) is 0 Å². The maximum absolute atomic E-state index is 5.34. The molecule has 74 valence electrons. The third kappa shape index (κ3) is 10.4. The molecule has 0 unspecified atom stereocenters. The fourth-order valence-electron chi connectivity index (χ4n) is 0.743. The molecule has 12 heavy (non-hydrogen) atoms. The molecule has 0 heterocycles. The molecule has 0 aromatic heterocycles. The first kappa shape index (κ1) is 12.4. The van der Waals surface area contributed by atoms with Crippen LogP contribution in [0.1, 0.15) is 26.7 Å². The Morgan fingerprint density at radius 2 is 1.83 bits per heavy atom. The van der Waals surface area contributed by atoms with E-state index in [1.54, 1.807) is 0 Å². The lowest BCUT2D eigenvalue weighted by Gasteiger charge is -2.07. The first-order valence-electron chi connectivity index (χ1n) is 4.52. The van der Waals surface area contributed by atoms with Crippen molar-refractivity contribution in [1.29, 1.82) is 0 Å². The zero-order chi connectivity index (χ0) is 9.23. The van der Waals surface area contributed by atoms with Gasteiger partial charge in [-0.25, -0.2) is 0 Å². The van der Waals surface area contributed by atoms with E-state index in [4.69, 9.17) is 9.47 Å². The zero-order valence-corrected chi connectivity index (χ0v) is 9.60. The number of ether oxygens (including phenoxy) is 2. The number of hydrogen-bond donors (Lipinski definition) is 0. The molecule has 0 spiro atoms. The molecule has 0 N–H and O–H groups in total. The average Bonchev–Trinajstić information content (AvgIpc) is 2.02. The fraction of sp³-hybridized carbons (Fsp3) is 1.00. The van der Waals surface area contributed by atoms with Crippen molar-refractivity contribution in [2.45, 2.75) is 32.8 Å². The van der Waals surface area contributed by atoms with Crippen LogP contribution in [0.5, 0.6) is 0 Å². The number of halogens is 1. The SMILES string of the molecule is CC(C)OCCOCCCCBr. The third-order valence-electron chi connectivity index (χ3n) is 1.35. The van der Waals surface area contributed by atoms with Crippen LogP contribution in [0.3, 0.4) is 0 Å². The second kappa shape index (κ2) is 9.49. The molecule has 0 aromatic rings. The molecule has 0 atom stereocenters. The van der Waals surface area contributed by atoms with Crippen LogP contribution < -0.4 is 0 Å². The first-order chi connectivity index (χ1) is 5.77. The molecule has 0 aromatic carbocycles. The Morgan fingerprint density at radius 1 is 1.08 bits per heavy atom. The minimum atomic E-state index is 0.316.